The fourth-order valence-electron chi connectivity index (χ4n) is 4.00. The molecule has 0 saturated carbocycles. The maximum absolute atomic E-state index is 13.2. The number of anilines is 1. The van der Waals surface area contributed by atoms with Crippen molar-refractivity contribution >= 4 is 15.8 Å². The number of ether oxygens (including phenoxy) is 1. The van der Waals surface area contributed by atoms with Crippen molar-refractivity contribution in [2.45, 2.75) is 25.7 Å². The van der Waals surface area contributed by atoms with Crippen LogP contribution < -0.4 is 9.64 Å². The molecule has 0 radical (unpaired) electrons. The first-order valence-corrected chi connectivity index (χ1v) is 12.1. The molecule has 0 N–H and O–H groups in total. The van der Waals surface area contributed by atoms with Gasteiger partial charge in [-0.25, -0.2) is 8.42 Å². The summed E-state index contributed by atoms with van der Waals surface area (Å²) in [6, 6.07) is 15.3. The molecule has 0 atom stereocenters. The third-order valence-corrected chi connectivity index (χ3v) is 8.05. The van der Waals surface area contributed by atoms with Crippen LogP contribution in [0.25, 0.3) is 11.3 Å². The lowest BCUT2D eigenvalue weighted by molar-refractivity contribution is 0.383. The van der Waals surface area contributed by atoms with Gasteiger partial charge in [-0.05, 0) is 67.8 Å². The molecule has 1 saturated heterocycles. The van der Waals surface area contributed by atoms with Gasteiger partial charge >= 0.3 is 0 Å². The highest BCUT2D eigenvalue weighted by Crippen LogP contribution is 2.29. The fraction of sp³-hybridized carbons (Fsp3) is 0.333. The lowest BCUT2D eigenvalue weighted by Gasteiger charge is -2.34. The number of para-hydroxylation sites is 1. The van der Waals surface area contributed by atoms with E-state index in [1.54, 1.807) is 17.5 Å². The average molecular weight is 453 g/mol. The van der Waals surface area contributed by atoms with E-state index in [1.165, 1.54) is 0 Å². The molecule has 4 rings (SSSR count). The van der Waals surface area contributed by atoms with Crippen molar-refractivity contribution in [2.24, 2.45) is 0 Å². The predicted molar refractivity (Wildman–Crippen MR) is 126 cm³/mol. The van der Waals surface area contributed by atoms with Gasteiger partial charge in [0.1, 0.15) is 5.75 Å². The molecule has 1 fully saturated rings. The summed E-state index contributed by atoms with van der Waals surface area (Å²) in [6.45, 7) is 7.73. The van der Waals surface area contributed by atoms with Crippen LogP contribution in [-0.4, -0.2) is 56.2 Å². The second-order valence-corrected chi connectivity index (χ2v) is 9.98. The zero-order valence-electron chi connectivity index (χ0n) is 18.9. The number of hydrogen-bond acceptors (Lipinski definition) is 6. The third kappa shape index (κ3) is 4.20. The minimum atomic E-state index is -3.53. The molecule has 2 heterocycles. The monoisotopic (exact) mass is 452 g/mol. The largest absolute Gasteiger partial charge is 0.496 e. The molecule has 0 bridgehead atoms. The van der Waals surface area contributed by atoms with E-state index in [2.05, 4.69) is 15.1 Å². The standard InChI is InChI=1S/C24H28N4O3S/c1-17-15-19(3)23(16-18(17)2)32(29,30)28-13-11-27(12-14-28)24-10-9-21(25-26-24)20-7-5-6-8-22(20)31-4/h5-10,15-16H,11-14H2,1-4H3. The number of methoxy groups -OCH3 is 1. The molecule has 168 valence electrons. The number of hydrogen-bond donors (Lipinski definition) is 0. The van der Waals surface area contributed by atoms with E-state index in [9.17, 15) is 8.42 Å². The van der Waals surface area contributed by atoms with Gasteiger partial charge in [-0.1, -0.05) is 18.2 Å². The molecule has 1 aromatic heterocycles. The van der Waals surface area contributed by atoms with E-state index in [-0.39, 0.29) is 0 Å². The Morgan fingerprint density at radius 2 is 1.53 bits per heavy atom. The zero-order valence-corrected chi connectivity index (χ0v) is 19.7. The quantitative estimate of drug-likeness (QED) is 0.589. The number of rotatable bonds is 5. The maximum atomic E-state index is 13.2. The van der Waals surface area contributed by atoms with Crippen LogP contribution in [-0.2, 0) is 10.0 Å². The lowest BCUT2D eigenvalue weighted by Crippen LogP contribution is -2.49. The summed E-state index contributed by atoms with van der Waals surface area (Å²) in [6.07, 6.45) is 0. The normalized spacial score (nSPS) is 15.1. The molecule has 7 nitrogen and oxygen atoms in total. The van der Waals surface area contributed by atoms with Crippen molar-refractivity contribution in [2.75, 3.05) is 38.2 Å². The molecule has 0 amide bonds. The van der Waals surface area contributed by atoms with Gasteiger partial charge < -0.3 is 9.64 Å². The average Bonchev–Trinajstić information content (AvgIpc) is 2.81. The highest BCUT2D eigenvalue weighted by molar-refractivity contribution is 7.89. The third-order valence-electron chi connectivity index (χ3n) is 6.01. The Bertz CT molecular complexity index is 1220. The second kappa shape index (κ2) is 8.88. The van der Waals surface area contributed by atoms with Gasteiger partial charge in [0.05, 0.1) is 17.7 Å². The predicted octanol–water partition coefficient (Wildman–Crippen LogP) is 3.59. The van der Waals surface area contributed by atoms with Crippen LogP contribution >= 0.6 is 0 Å². The van der Waals surface area contributed by atoms with Gasteiger partial charge in [-0.2, -0.15) is 4.31 Å². The van der Waals surface area contributed by atoms with E-state index >= 15 is 0 Å². The fourth-order valence-corrected chi connectivity index (χ4v) is 5.72. The summed E-state index contributed by atoms with van der Waals surface area (Å²) in [4.78, 5) is 2.47. The summed E-state index contributed by atoms with van der Waals surface area (Å²) >= 11 is 0. The van der Waals surface area contributed by atoms with Gasteiger partial charge in [0.15, 0.2) is 5.82 Å². The molecule has 2 aromatic carbocycles. The molecule has 1 aliphatic heterocycles. The molecule has 0 aliphatic carbocycles. The van der Waals surface area contributed by atoms with Gasteiger partial charge in [0.25, 0.3) is 0 Å². The van der Waals surface area contributed by atoms with Crippen molar-refractivity contribution < 1.29 is 13.2 Å². The summed E-state index contributed by atoms with van der Waals surface area (Å²) in [5, 5.41) is 8.76. The summed E-state index contributed by atoms with van der Waals surface area (Å²) in [5.41, 5.74) is 4.49. The number of sulfonamides is 1. The van der Waals surface area contributed by atoms with Crippen molar-refractivity contribution in [3.63, 3.8) is 0 Å². The molecular formula is C24H28N4O3S. The first-order chi connectivity index (χ1) is 15.3. The number of piperazine rings is 1. The van der Waals surface area contributed by atoms with E-state index in [4.69, 9.17) is 4.74 Å². The molecule has 8 heteroatoms. The summed E-state index contributed by atoms with van der Waals surface area (Å²) in [7, 11) is -1.90. The van der Waals surface area contributed by atoms with Gasteiger partial charge in [0, 0.05) is 31.7 Å². The van der Waals surface area contributed by atoms with E-state index in [1.807, 2.05) is 63.2 Å². The van der Waals surface area contributed by atoms with Crippen LogP contribution in [0, 0.1) is 20.8 Å². The van der Waals surface area contributed by atoms with E-state index in [0.29, 0.717) is 31.1 Å². The smallest absolute Gasteiger partial charge is 0.243 e. The Labute approximate surface area is 189 Å². The minimum absolute atomic E-state index is 0.398. The Kier molecular flexibility index (Phi) is 6.17. The number of nitrogens with zero attached hydrogens (tertiary/aromatic N) is 4. The Balaban J connectivity index is 1.47. The summed E-state index contributed by atoms with van der Waals surface area (Å²) in [5.74, 6) is 1.48. The van der Waals surface area contributed by atoms with E-state index in [0.717, 1.165) is 39.5 Å². The Morgan fingerprint density at radius 1 is 0.844 bits per heavy atom. The summed E-state index contributed by atoms with van der Waals surface area (Å²) < 4.78 is 33.5. The molecule has 32 heavy (non-hydrogen) atoms. The topological polar surface area (TPSA) is 75.6 Å². The zero-order chi connectivity index (χ0) is 22.9. The van der Waals surface area contributed by atoms with Crippen molar-refractivity contribution in [1.82, 2.24) is 14.5 Å². The van der Waals surface area contributed by atoms with Crippen molar-refractivity contribution in [3.05, 3.63) is 65.2 Å². The first kappa shape index (κ1) is 22.2. The van der Waals surface area contributed by atoms with Crippen LogP contribution in [0.2, 0.25) is 0 Å². The highest BCUT2D eigenvalue weighted by Gasteiger charge is 2.30. The second-order valence-electron chi connectivity index (χ2n) is 8.07. The van der Waals surface area contributed by atoms with Crippen LogP contribution in [0.3, 0.4) is 0 Å². The molecular weight excluding hydrogens is 424 g/mol. The highest BCUT2D eigenvalue weighted by atomic mass is 32.2. The Morgan fingerprint density at radius 3 is 2.19 bits per heavy atom. The van der Waals surface area contributed by atoms with E-state index < -0.39 is 10.0 Å². The molecule has 0 spiro atoms. The Hall–Kier alpha value is -2.97. The maximum Gasteiger partial charge on any atom is 0.243 e. The minimum Gasteiger partial charge on any atom is -0.496 e. The SMILES string of the molecule is COc1ccccc1-c1ccc(N2CCN(S(=O)(=O)c3cc(C)c(C)cc3C)CC2)nn1. The van der Waals surface area contributed by atoms with Crippen LogP contribution in [0.4, 0.5) is 5.82 Å². The van der Waals surface area contributed by atoms with Crippen LogP contribution in [0.1, 0.15) is 16.7 Å². The van der Waals surface area contributed by atoms with Crippen LogP contribution in [0.15, 0.2) is 53.4 Å². The number of aromatic nitrogens is 2. The molecule has 3 aromatic rings. The molecule has 1 aliphatic rings. The van der Waals surface area contributed by atoms with Crippen molar-refractivity contribution in [3.8, 4) is 17.0 Å². The molecule has 0 unspecified atom stereocenters. The van der Waals surface area contributed by atoms with Gasteiger partial charge in [0.2, 0.25) is 10.0 Å². The van der Waals surface area contributed by atoms with Gasteiger partial charge in [-0.15, -0.1) is 10.2 Å². The van der Waals surface area contributed by atoms with Crippen molar-refractivity contribution in [1.29, 1.82) is 0 Å². The van der Waals surface area contributed by atoms with Gasteiger partial charge in [-0.3, -0.25) is 0 Å². The number of aryl methyl sites for hydroxylation is 3. The lowest BCUT2D eigenvalue weighted by atomic mass is 10.1. The number of benzene rings is 2. The first-order valence-electron chi connectivity index (χ1n) is 10.6. The van der Waals surface area contributed by atoms with Crippen LogP contribution in [0.5, 0.6) is 5.75 Å².